The lowest BCUT2D eigenvalue weighted by Gasteiger charge is -2.37. The summed E-state index contributed by atoms with van der Waals surface area (Å²) < 4.78 is 30.4. The van der Waals surface area contributed by atoms with Gasteiger partial charge in [-0.2, -0.15) is 0 Å². The first kappa shape index (κ1) is 20.9. The fourth-order valence-corrected chi connectivity index (χ4v) is 3.95. The van der Waals surface area contributed by atoms with Gasteiger partial charge in [0.05, 0.1) is 33.3 Å². The van der Waals surface area contributed by atoms with Crippen LogP contribution in [0.3, 0.4) is 0 Å². The van der Waals surface area contributed by atoms with E-state index in [2.05, 4.69) is 4.90 Å². The van der Waals surface area contributed by atoms with Crippen LogP contribution in [0.15, 0.2) is 36.4 Å². The number of halogens is 1. The van der Waals surface area contributed by atoms with Crippen LogP contribution in [0.25, 0.3) is 0 Å². The highest BCUT2D eigenvalue weighted by Crippen LogP contribution is 2.43. The molecule has 0 aliphatic carbocycles. The van der Waals surface area contributed by atoms with Crippen molar-refractivity contribution in [3.8, 4) is 17.2 Å². The molecule has 0 radical (unpaired) electrons. The standard InChI is InChI=1S/C22H26FNO5/c1-27-18-12-16(13-19(28-2)21(18)29-3)20(15-5-4-6-17(23)11-15)24-9-7-14(8-10-24)22(25)26/h4-6,11-14,20H,7-10H2,1-3H3,(H,25,26). The van der Waals surface area contributed by atoms with Gasteiger partial charge in [-0.1, -0.05) is 12.1 Å². The average molecular weight is 403 g/mol. The molecule has 2 aromatic rings. The van der Waals surface area contributed by atoms with E-state index in [4.69, 9.17) is 14.2 Å². The van der Waals surface area contributed by atoms with Crippen LogP contribution in [0.2, 0.25) is 0 Å². The van der Waals surface area contributed by atoms with Crippen molar-refractivity contribution < 1.29 is 28.5 Å². The molecule has 156 valence electrons. The van der Waals surface area contributed by atoms with Crippen LogP contribution >= 0.6 is 0 Å². The third kappa shape index (κ3) is 4.45. The highest BCUT2D eigenvalue weighted by Gasteiger charge is 2.31. The molecule has 0 bridgehead atoms. The summed E-state index contributed by atoms with van der Waals surface area (Å²) in [5, 5.41) is 9.31. The van der Waals surface area contributed by atoms with E-state index in [1.807, 2.05) is 18.2 Å². The molecule has 3 rings (SSSR count). The van der Waals surface area contributed by atoms with Gasteiger partial charge in [0.2, 0.25) is 5.75 Å². The van der Waals surface area contributed by atoms with Crippen molar-refractivity contribution in [3.05, 3.63) is 53.3 Å². The molecule has 1 aliphatic heterocycles. The Morgan fingerprint density at radius 2 is 1.66 bits per heavy atom. The van der Waals surface area contributed by atoms with Crippen LogP contribution < -0.4 is 14.2 Å². The number of likely N-dealkylation sites (tertiary alicyclic amines) is 1. The van der Waals surface area contributed by atoms with Gasteiger partial charge < -0.3 is 19.3 Å². The van der Waals surface area contributed by atoms with Gasteiger partial charge >= 0.3 is 5.97 Å². The zero-order valence-electron chi connectivity index (χ0n) is 16.9. The van der Waals surface area contributed by atoms with E-state index in [0.29, 0.717) is 43.2 Å². The second-order valence-corrected chi connectivity index (χ2v) is 7.06. The SMILES string of the molecule is COc1cc(C(c2cccc(F)c2)N2CCC(C(=O)O)CC2)cc(OC)c1OC. The van der Waals surface area contributed by atoms with E-state index in [9.17, 15) is 14.3 Å². The molecule has 1 heterocycles. The van der Waals surface area contributed by atoms with E-state index >= 15 is 0 Å². The van der Waals surface area contributed by atoms with Crippen LogP contribution in [0.5, 0.6) is 17.2 Å². The topological polar surface area (TPSA) is 68.2 Å². The lowest BCUT2D eigenvalue weighted by Crippen LogP contribution is -2.39. The van der Waals surface area contributed by atoms with Crippen molar-refractivity contribution in [2.75, 3.05) is 34.4 Å². The van der Waals surface area contributed by atoms with Gasteiger partial charge in [-0.25, -0.2) is 4.39 Å². The van der Waals surface area contributed by atoms with Crippen molar-refractivity contribution in [3.63, 3.8) is 0 Å². The number of carboxylic acids is 1. The Bertz CT molecular complexity index is 839. The number of nitrogens with zero attached hydrogens (tertiary/aromatic N) is 1. The number of aliphatic carboxylic acids is 1. The van der Waals surface area contributed by atoms with Crippen molar-refractivity contribution in [1.29, 1.82) is 0 Å². The Labute approximate surface area is 169 Å². The summed E-state index contributed by atoms with van der Waals surface area (Å²) in [7, 11) is 4.65. The number of hydrogen-bond acceptors (Lipinski definition) is 5. The average Bonchev–Trinajstić information content (AvgIpc) is 2.73. The monoisotopic (exact) mass is 403 g/mol. The minimum Gasteiger partial charge on any atom is -0.493 e. The number of ether oxygens (including phenoxy) is 3. The molecule has 1 N–H and O–H groups in total. The molecule has 1 aliphatic rings. The number of piperidine rings is 1. The number of methoxy groups -OCH3 is 3. The van der Waals surface area contributed by atoms with Crippen LogP contribution in [-0.4, -0.2) is 50.4 Å². The van der Waals surface area contributed by atoms with Crippen LogP contribution in [-0.2, 0) is 4.79 Å². The normalized spacial score (nSPS) is 16.3. The quantitative estimate of drug-likeness (QED) is 0.760. The Morgan fingerprint density at radius 3 is 2.14 bits per heavy atom. The van der Waals surface area contributed by atoms with Crippen molar-refractivity contribution >= 4 is 5.97 Å². The van der Waals surface area contributed by atoms with Gasteiger partial charge in [-0.05, 0) is 61.3 Å². The number of benzene rings is 2. The minimum absolute atomic E-state index is 0.269. The summed E-state index contributed by atoms with van der Waals surface area (Å²) >= 11 is 0. The van der Waals surface area contributed by atoms with Gasteiger partial charge in [-0.3, -0.25) is 9.69 Å². The molecule has 0 spiro atoms. The number of carbonyl (C=O) groups is 1. The zero-order chi connectivity index (χ0) is 21.0. The molecular weight excluding hydrogens is 377 g/mol. The third-order valence-electron chi connectivity index (χ3n) is 5.41. The molecule has 29 heavy (non-hydrogen) atoms. The Hall–Kier alpha value is -2.80. The predicted octanol–water partition coefficient (Wildman–Crippen LogP) is 3.74. The van der Waals surface area contributed by atoms with Crippen molar-refractivity contribution in [2.45, 2.75) is 18.9 Å². The van der Waals surface area contributed by atoms with Crippen molar-refractivity contribution in [2.24, 2.45) is 5.92 Å². The maximum Gasteiger partial charge on any atom is 0.306 e. The highest BCUT2D eigenvalue weighted by atomic mass is 19.1. The maximum atomic E-state index is 14.0. The summed E-state index contributed by atoms with van der Waals surface area (Å²) in [5.41, 5.74) is 1.65. The van der Waals surface area contributed by atoms with E-state index in [-0.39, 0.29) is 17.8 Å². The van der Waals surface area contributed by atoms with Crippen LogP contribution in [0, 0.1) is 11.7 Å². The smallest absolute Gasteiger partial charge is 0.306 e. The van der Waals surface area contributed by atoms with E-state index in [0.717, 1.165) is 11.1 Å². The summed E-state index contributed by atoms with van der Waals surface area (Å²) in [5.74, 6) is 0.0909. The van der Waals surface area contributed by atoms with Gasteiger partial charge in [0, 0.05) is 0 Å². The number of rotatable bonds is 7. The number of hydrogen-bond donors (Lipinski definition) is 1. The summed E-state index contributed by atoms with van der Waals surface area (Å²) in [6.07, 6.45) is 1.09. The number of carboxylic acid groups (broad SMARTS) is 1. The second-order valence-electron chi connectivity index (χ2n) is 7.06. The molecule has 1 fully saturated rings. The zero-order valence-corrected chi connectivity index (χ0v) is 16.9. The molecule has 0 aromatic heterocycles. The lowest BCUT2D eigenvalue weighted by atomic mass is 9.91. The van der Waals surface area contributed by atoms with Gasteiger partial charge in [0.1, 0.15) is 5.82 Å². The van der Waals surface area contributed by atoms with E-state index in [1.165, 1.54) is 12.1 Å². The first-order chi connectivity index (χ1) is 14.0. The Balaban J connectivity index is 2.05. The predicted molar refractivity (Wildman–Crippen MR) is 106 cm³/mol. The molecule has 6 nitrogen and oxygen atoms in total. The van der Waals surface area contributed by atoms with E-state index in [1.54, 1.807) is 27.4 Å². The molecular formula is C22H26FNO5. The molecule has 1 saturated heterocycles. The Kier molecular flexibility index (Phi) is 6.59. The first-order valence-electron chi connectivity index (χ1n) is 9.50. The molecule has 0 amide bonds. The Morgan fingerprint density at radius 1 is 1.03 bits per heavy atom. The highest BCUT2D eigenvalue weighted by molar-refractivity contribution is 5.70. The van der Waals surface area contributed by atoms with Crippen LogP contribution in [0.1, 0.15) is 30.0 Å². The summed E-state index contributed by atoms with van der Waals surface area (Å²) in [6.45, 7) is 1.18. The fourth-order valence-electron chi connectivity index (χ4n) is 3.95. The third-order valence-corrected chi connectivity index (χ3v) is 5.41. The molecule has 0 saturated carbocycles. The molecule has 7 heteroatoms. The fraction of sp³-hybridized carbons (Fsp3) is 0.409. The minimum atomic E-state index is -0.764. The second kappa shape index (κ2) is 9.13. The van der Waals surface area contributed by atoms with Crippen molar-refractivity contribution in [1.82, 2.24) is 4.90 Å². The van der Waals surface area contributed by atoms with Crippen LogP contribution in [0.4, 0.5) is 4.39 Å². The van der Waals surface area contributed by atoms with Gasteiger partial charge in [0.25, 0.3) is 0 Å². The summed E-state index contributed by atoms with van der Waals surface area (Å²) in [6, 6.07) is 9.93. The molecule has 1 atom stereocenters. The lowest BCUT2D eigenvalue weighted by molar-refractivity contribution is -0.143. The van der Waals surface area contributed by atoms with Gasteiger partial charge in [-0.15, -0.1) is 0 Å². The first-order valence-corrected chi connectivity index (χ1v) is 9.50. The van der Waals surface area contributed by atoms with Gasteiger partial charge in [0.15, 0.2) is 11.5 Å². The summed E-state index contributed by atoms with van der Waals surface area (Å²) in [4.78, 5) is 13.5. The maximum absolute atomic E-state index is 14.0. The largest absolute Gasteiger partial charge is 0.493 e. The van der Waals surface area contributed by atoms with E-state index < -0.39 is 5.97 Å². The molecule has 1 unspecified atom stereocenters. The molecule has 2 aromatic carbocycles.